The average Bonchev–Trinajstić information content (AvgIpc) is 3.22. The van der Waals surface area contributed by atoms with E-state index in [1.165, 1.54) is 23.0 Å². The van der Waals surface area contributed by atoms with E-state index in [1.807, 2.05) is 4.90 Å². The number of rotatable bonds is 6. The number of halogens is 1. The summed E-state index contributed by atoms with van der Waals surface area (Å²) in [6.45, 7) is 0.862. The summed E-state index contributed by atoms with van der Waals surface area (Å²) >= 11 is 0. The highest BCUT2D eigenvalue weighted by atomic mass is 19.1. The Bertz CT molecular complexity index is 1080. The third-order valence-corrected chi connectivity index (χ3v) is 5.06. The van der Waals surface area contributed by atoms with Gasteiger partial charge in [-0.05, 0) is 47.5 Å². The first-order valence-electron chi connectivity index (χ1n) is 9.75. The monoisotopic (exact) mass is 425 g/mol. The summed E-state index contributed by atoms with van der Waals surface area (Å²) in [6.07, 6.45) is 2.81. The first kappa shape index (κ1) is 20.4. The van der Waals surface area contributed by atoms with Gasteiger partial charge in [0.2, 0.25) is 5.95 Å². The average molecular weight is 425 g/mol. The molecule has 0 spiro atoms. The molecule has 0 radical (unpaired) electrons. The van der Waals surface area contributed by atoms with Gasteiger partial charge in [-0.15, -0.1) is 0 Å². The summed E-state index contributed by atoms with van der Waals surface area (Å²) in [7, 11) is 0. The maximum atomic E-state index is 13.4. The Morgan fingerprint density at radius 1 is 1.19 bits per heavy atom. The molecule has 2 N–H and O–H groups in total. The van der Waals surface area contributed by atoms with E-state index >= 15 is 0 Å². The Balaban J connectivity index is 1.33. The van der Waals surface area contributed by atoms with Crippen molar-refractivity contribution in [2.24, 2.45) is 0 Å². The second-order valence-electron chi connectivity index (χ2n) is 7.21. The van der Waals surface area contributed by atoms with Crippen molar-refractivity contribution in [2.45, 2.75) is 25.4 Å². The molecule has 160 valence electrons. The second kappa shape index (κ2) is 8.86. The van der Waals surface area contributed by atoms with Crippen LogP contribution >= 0.6 is 0 Å². The molecule has 0 saturated carbocycles. The van der Waals surface area contributed by atoms with Gasteiger partial charge < -0.3 is 15.3 Å². The van der Waals surface area contributed by atoms with Crippen LogP contribution in [-0.2, 0) is 11.3 Å². The molecular formula is C20H20FN7O3. The molecule has 1 aliphatic heterocycles. The van der Waals surface area contributed by atoms with E-state index in [9.17, 15) is 14.0 Å². The van der Waals surface area contributed by atoms with Crippen molar-refractivity contribution in [1.29, 1.82) is 0 Å². The van der Waals surface area contributed by atoms with Crippen molar-refractivity contribution < 1.29 is 19.1 Å². The van der Waals surface area contributed by atoms with Gasteiger partial charge in [0.05, 0.1) is 11.3 Å². The number of hydrogen-bond acceptors (Lipinski definition) is 7. The number of hydrogen-bond donors (Lipinski definition) is 2. The molecule has 0 unspecified atom stereocenters. The van der Waals surface area contributed by atoms with Crippen LogP contribution in [0.5, 0.6) is 0 Å². The number of carboxylic acid groups (broad SMARTS) is 1. The number of carbonyl (C=O) groups excluding carboxylic acids is 1. The molecule has 3 heterocycles. The lowest BCUT2D eigenvalue weighted by Crippen LogP contribution is -2.45. The van der Waals surface area contributed by atoms with Crippen molar-refractivity contribution in [1.82, 2.24) is 30.5 Å². The number of nitrogens with one attached hydrogen (secondary N) is 1. The molecule has 10 nitrogen and oxygen atoms in total. The predicted octanol–water partition coefficient (Wildman–Crippen LogP) is 1.36. The van der Waals surface area contributed by atoms with Crippen molar-refractivity contribution in [3.8, 4) is 11.3 Å². The first-order valence-corrected chi connectivity index (χ1v) is 9.75. The molecule has 4 rings (SSSR count). The van der Waals surface area contributed by atoms with E-state index in [1.54, 1.807) is 24.3 Å². The summed E-state index contributed by atoms with van der Waals surface area (Å²) in [5.74, 6) is -1.19. The number of pyridine rings is 1. The molecule has 1 amide bonds. The zero-order valence-corrected chi connectivity index (χ0v) is 16.5. The highest BCUT2D eigenvalue weighted by molar-refractivity contribution is 5.94. The Labute approximate surface area is 176 Å². The van der Waals surface area contributed by atoms with Gasteiger partial charge in [-0.3, -0.25) is 14.6 Å². The van der Waals surface area contributed by atoms with Crippen LogP contribution in [-0.4, -0.2) is 61.3 Å². The van der Waals surface area contributed by atoms with E-state index in [-0.39, 0.29) is 24.3 Å². The van der Waals surface area contributed by atoms with Gasteiger partial charge in [0.1, 0.15) is 12.4 Å². The zero-order valence-electron chi connectivity index (χ0n) is 16.5. The quantitative estimate of drug-likeness (QED) is 0.606. The smallest absolute Gasteiger partial charge is 0.325 e. The van der Waals surface area contributed by atoms with E-state index < -0.39 is 5.97 Å². The zero-order chi connectivity index (χ0) is 21.8. The van der Waals surface area contributed by atoms with Crippen molar-refractivity contribution in [3.63, 3.8) is 0 Å². The standard InChI is InChI=1S/C20H20FN7O3/c21-15-3-1-2-13(10-15)17-5-4-14(11-22-17)19(31)23-16-6-8-27(9-7-16)20-24-25-26-28(20)12-18(29)30/h1-5,10-11,16H,6-9,12H2,(H,23,31)(H,29,30). The SMILES string of the molecule is O=C(O)Cn1nnnc1N1CCC(NC(=O)c2ccc(-c3cccc(F)c3)nc2)CC1. The van der Waals surface area contributed by atoms with Gasteiger partial charge in [0, 0.05) is 30.9 Å². The van der Waals surface area contributed by atoms with Gasteiger partial charge >= 0.3 is 5.97 Å². The number of aliphatic carboxylic acids is 1. The maximum absolute atomic E-state index is 13.4. The molecule has 0 atom stereocenters. The Kier molecular flexibility index (Phi) is 5.83. The Hall–Kier alpha value is -3.89. The molecule has 1 saturated heterocycles. The van der Waals surface area contributed by atoms with E-state index in [2.05, 4.69) is 25.8 Å². The Morgan fingerprint density at radius 3 is 2.68 bits per heavy atom. The summed E-state index contributed by atoms with van der Waals surface area (Å²) in [5.41, 5.74) is 1.65. The van der Waals surface area contributed by atoms with Crippen LogP contribution in [0.15, 0.2) is 42.6 Å². The van der Waals surface area contributed by atoms with Crippen LogP contribution in [0.25, 0.3) is 11.3 Å². The van der Waals surface area contributed by atoms with Crippen LogP contribution in [0.3, 0.4) is 0 Å². The molecular weight excluding hydrogens is 405 g/mol. The van der Waals surface area contributed by atoms with Crippen LogP contribution in [0.2, 0.25) is 0 Å². The fourth-order valence-electron chi connectivity index (χ4n) is 3.50. The van der Waals surface area contributed by atoms with Crippen LogP contribution in [0.1, 0.15) is 23.2 Å². The minimum Gasteiger partial charge on any atom is -0.480 e. The van der Waals surface area contributed by atoms with Crippen LogP contribution < -0.4 is 10.2 Å². The number of aromatic nitrogens is 5. The predicted molar refractivity (Wildman–Crippen MR) is 108 cm³/mol. The minimum absolute atomic E-state index is 0.0320. The second-order valence-corrected chi connectivity index (χ2v) is 7.21. The van der Waals surface area contributed by atoms with Crippen LogP contribution in [0.4, 0.5) is 10.3 Å². The van der Waals surface area contributed by atoms with Crippen molar-refractivity contribution >= 4 is 17.8 Å². The van der Waals surface area contributed by atoms with E-state index in [0.717, 1.165) is 0 Å². The first-order chi connectivity index (χ1) is 15.0. The minimum atomic E-state index is -1.02. The van der Waals surface area contributed by atoms with Crippen LogP contribution in [0, 0.1) is 5.82 Å². The normalized spacial score (nSPS) is 14.4. The summed E-state index contributed by atoms with van der Waals surface area (Å²) < 4.78 is 14.6. The lowest BCUT2D eigenvalue weighted by molar-refractivity contribution is -0.137. The number of anilines is 1. The molecule has 2 aromatic heterocycles. The fraction of sp³-hybridized carbons (Fsp3) is 0.300. The van der Waals surface area contributed by atoms with Crippen molar-refractivity contribution in [2.75, 3.05) is 18.0 Å². The molecule has 1 aliphatic rings. The van der Waals surface area contributed by atoms with Crippen molar-refractivity contribution in [3.05, 3.63) is 54.0 Å². The lowest BCUT2D eigenvalue weighted by Gasteiger charge is -2.32. The number of carboxylic acids is 1. The maximum Gasteiger partial charge on any atom is 0.325 e. The number of amides is 1. The highest BCUT2D eigenvalue weighted by Crippen LogP contribution is 2.19. The number of tetrazole rings is 1. The third-order valence-electron chi connectivity index (χ3n) is 5.06. The fourth-order valence-corrected chi connectivity index (χ4v) is 3.50. The van der Waals surface area contributed by atoms with E-state index in [0.29, 0.717) is 48.7 Å². The highest BCUT2D eigenvalue weighted by Gasteiger charge is 2.25. The molecule has 31 heavy (non-hydrogen) atoms. The molecule has 1 aromatic carbocycles. The molecule has 1 fully saturated rings. The van der Waals surface area contributed by atoms with Gasteiger partial charge in [-0.25, -0.2) is 9.07 Å². The molecule has 0 bridgehead atoms. The van der Waals surface area contributed by atoms with Gasteiger partial charge in [-0.2, -0.15) is 0 Å². The summed E-state index contributed by atoms with van der Waals surface area (Å²) in [6, 6.07) is 9.44. The topological polar surface area (TPSA) is 126 Å². The summed E-state index contributed by atoms with van der Waals surface area (Å²) in [4.78, 5) is 29.7. The number of nitrogens with zero attached hydrogens (tertiary/aromatic N) is 6. The largest absolute Gasteiger partial charge is 0.480 e. The molecule has 0 aliphatic carbocycles. The van der Waals surface area contributed by atoms with Gasteiger partial charge in [0.15, 0.2) is 0 Å². The van der Waals surface area contributed by atoms with Gasteiger partial charge in [-0.1, -0.05) is 17.2 Å². The number of carbonyl (C=O) groups is 2. The number of piperidine rings is 1. The molecule has 11 heteroatoms. The summed E-state index contributed by atoms with van der Waals surface area (Å²) in [5, 5.41) is 23.1. The molecule has 3 aromatic rings. The third kappa shape index (κ3) is 4.82. The lowest BCUT2D eigenvalue weighted by atomic mass is 10.0. The Morgan fingerprint density at radius 2 is 2.00 bits per heavy atom. The van der Waals surface area contributed by atoms with E-state index in [4.69, 9.17) is 5.11 Å². The van der Waals surface area contributed by atoms with Gasteiger partial charge in [0.25, 0.3) is 5.91 Å². The number of benzene rings is 1.